The van der Waals surface area contributed by atoms with Gasteiger partial charge in [-0.05, 0) is 32.9 Å². The highest BCUT2D eigenvalue weighted by Crippen LogP contribution is 2.15. The largest absolute Gasteiger partial charge is 0.494 e. The molecule has 88 valence electrons. The summed E-state index contributed by atoms with van der Waals surface area (Å²) in [5, 5.41) is 0. The highest BCUT2D eigenvalue weighted by atomic mass is 32.2. The van der Waals surface area contributed by atoms with E-state index in [1.165, 1.54) is 6.21 Å². The number of methoxy groups -OCH3 is 1. The molecular weight excluding hydrogens is 224 g/mol. The average Bonchev–Trinajstić information content (AvgIpc) is 2.24. The molecule has 4 nitrogen and oxygen atoms in total. The van der Waals surface area contributed by atoms with Crippen LogP contribution < -0.4 is 4.74 Å². The monoisotopic (exact) mass is 241 g/mol. The molecule has 0 N–H and O–H groups in total. The zero-order chi connectivity index (χ0) is 12.2. The minimum Gasteiger partial charge on any atom is -0.494 e. The van der Waals surface area contributed by atoms with E-state index in [-0.39, 0.29) is 4.75 Å². The van der Waals surface area contributed by atoms with Crippen LogP contribution in [0.15, 0.2) is 22.7 Å². The Morgan fingerprint density at radius 2 is 2.19 bits per heavy atom. The minimum absolute atomic E-state index is 0.326. The third kappa shape index (κ3) is 3.41. The number of thiol groups is 1. The molecule has 0 radical (unpaired) electrons. The van der Waals surface area contributed by atoms with Gasteiger partial charge in [-0.25, -0.2) is 0 Å². The van der Waals surface area contributed by atoms with Gasteiger partial charge in [0.25, 0.3) is 0 Å². The minimum atomic E-state index is -1.64. The van der Waals surface area contributed by atoms with Gasteiger partial charge in [-0.3, -0.25) is 4.98 Å². The van der Waals surface area contributed by atoms with Gasteiger partial charge in [0.05, 0.1) is 7.11 Å². The summed E-state index contributed by atoms with van der Waals surface area (Å²) < 4.78 is 20.5. The van der Waals surface area contributed by atoms with Gasteiger partial charge in [0.1, 0.15) is 22.4 Å². The van der Waals surface area contributed by atoms with E-state index in [9.17, 15) is 4.21 Å². The van der Waals surface area contributed by atoms with Gasteiger partial charge in [-0.2, -0.15) is 0 Å². The molecule has 0 fully saturated rings. The van der Waals surface area contributed by atoms with Crippen LogP contribution in [0.2, 0.25) is 0 Å². The van der Waals surface area contributed by atoms with Gasteiger partial charge in [0.2, 0.25) is 0 Å². The van der Waals surface area contributed by atoms with Gasteiger partial charge in [0.15, 0.2) is 11.0 Å². The predicted molar refractivity (Wildman–Crippen MR) is 67.6 cm³/mol. The van der Waals surface area contributed by atoms with Crippen LogP contribution in [-0.4, -0.2) is 23.1 Å². The summed E-state index contributed by atoms with van der Waals surface area (Å²) in [7, 11) is -0.0712. The Bertz CT molecular complexity index is 411. The Balaban J connectivity index is 2.88. The summed E-state index contributed by atoms with van der Waals surface area (Å²) in [5.74, 6) is 0.628. The third-order valence-corrected chi connectivity index (χ3v) is 3.35. The summed E-state index contributed by atoms with van der Waals surface area (Å²) in [6.45, 7) is 5.66. The summed E-state index contributed by atoms with van der Waals surface area (Å²) in [6.07, 6.45) is 3.15. The fourth-order valence-electron chi connectivity index (χ4n) is 0.953. The van der Waals surface area contributed by atoms with Crippen molar-refractivity contribution >= 4 is 17.2 Å². The highest BCUT2D eigenvalue weighted by molar-refractivity contribution is 7.85. The number of nitrogens with zero attached hydrogens (tertiary/aromatic N) is 2. The Hall–Kier alpha value is -1.23. The molecule has 16 heavy (non-hydrogen) atoms. The lowest BCUT2D eigenvalue weighted by molar-refractivity contribution is 0.412. The van der Waals surface area contributed by atoms with Crippen LogP contribution in [0.5, 0.6) is 5.75 Å². The topological polar surface area (TPSA) is 51.6 Å². The van der Waals surface area contributed by atoms with Crippen molar-refractivity contribution < 1.29 is 8.95 Å². The average molecular weight is 241 g/mol. The van der Waals surface area contributed by atoms with Crippen LogP contribution in [0.1, 0.15) is 26.5 Å². The molecule has 1 unspecified atom stereocenters. The standard InChI is InChI=1S/C11H16N2O2S/c1-11(2,3)16(14)13-8-9-10(15-4)6-5-7-12-9/h5-8H,1-4H3/p+1/b13-8+. The van der Waals surface area contributed by atoms with Crippen LogP contribution in [0.4, 0.5) is 0 Å². The Morgan fingerprint density at radius 3 is 2.75 bits per heavy atom. The van der Waals surface area contributed by atoms with E-state index in [1.807, 2.05) is 20.8 Å². The molecule has 1 aromatic heterocycles. The maximum atomic E-state index is 11.7. The number of aromatic nitrogens is 1. The smallest absolute Gasteiger partial charge is 0.194 e. The van der Waals surface area contributed by atoms with Gasteiger partial charge >= 0.3 is 0 Å². The highest BCUT2D eigenvalue weighted by Gasteiger charge is 2.24. The molecule has 5 heteroatoms. The maximum Gasteiger partial charge on any atom is 0.194 e. The third-order valence-electron chi connectivity index (χ3n) is 1.88. The van der Waals surface area contributed by atoms with Crippen molar-refractivity contribution in [3.8, 4) is 5.75 Å². The zero-order valence-electron chi connectivity index (χ0n) is 9.97. The van der Waals surface area contributed by atoms with E-state index in [0.29, 0.717) is 11.4 Å². The van der Waals surface area contributed by atoms with Gasteiger partial charge in [-0.1, -0.05) is 8.61 Å². The second-order valence-corrected chi connectivity index (χ2v) is 6.40. The molecule has 0 amide bonds. The normalized spacial score (nSPS) is 14.0. The summed E-state index contributed by atoms with van der Waals surface area (Å²) >= 11 is 0. The molecule has 1 atom stereocenters. The molecule has 1 rings (SSSR count). The van der Waals surface area contributed by atoms with Crippen molar-refractivity contribution in [2.75, 3.05) is 7.11 Å². The molecule has 1 aromatic rings. The molecule has 0 spiro atoms. The predicted octanol–water partition coefficient (Wildman–Crippen LogP) is 1.92. The van der Waals surface area contributed by atoms with Crippen molar-refractivity contribution in [3.63, 3.8) is 0 Å². The Kier molecular flexibility index (Phi) is 4.18. The van der Waals surface area contributed by atoms with Crippen LogP contribution in [0.25, 0.3) is 0 Å². The van der Waals surface area contributed by atoms with Crippen LogP contribution in [0, 0.1) is 0 Å². The lowest BCUT2D eigenvalue weighted by Crippen LogP contribution is -2.19. The van der Waals surface area contributed by atoms with E-state index in [2.05, 4.69) is 9.38 Å². The van der Waals surface area contributed by atoms with E-state index < -0.39 is 11.0 Å². The quantitative estimate of drug-likeness (QED) is 0.461. The molecule has 0 aromatic carbocycles. The van der Waals surface area contributed by atoms with E-state index in [0.717, 1.165) is 0 Å². The molecule has 0 bridgehead atoms. The van der Waals surface area contributed by atoms with Crippen molar-refractivity contribution in [2.24, 2.45) is 4.40 Å². The van der Waals surface area contributed by atoms with Gasteiger partial charge in [-0.15, -0.1) is 0 Å². The molecule has 1 heterocycles. The zero-order valence-corrected chi connectivity index (χ0v) is 10.9. The molecule has 0 saturated heterocycles. The van der Waals surface area contributed by atoms with Crippen molar-refractivity contribution in [1.29, 1.82) is 0 Å². The lowest BCUT2D eigenvalue weighted by atomic mass is 10.3. The van der Waals surface area contributed by atoms with E-state index in [1.54, 1.807) is 25.4 Å². The van der Waals surface area contributed by atoms with Crippen molar-refractivity contribution in [2.45, 2.75) is 25.5 Å². The lowest BCUT2D eigenvalue weighted by Gasteiger charge is -2.06. The van der Waals surface area contributed by atoms with E-state index in [4.69, 9.17) is 4.74 Å². The first-order valence-electron chi connectivity index (χ1n) is 4.95. The molecule has 0 aliphatic rings. The number of hydrogen-bond acceptors (Lipinski definition) is 3. The van der Waals surface area contributed by atoms with Gasteiger partial charge < -0.3 is 4.74 Å². The summed E-state index contributed by atoms with van der Waals surface area (Å²) in [5.41, 5.74) is 0.595. The van der Waals surface area contributed by atoms with Crippen molar-refractivity contribution in [3.05, 3.63) is 24.0 Å². The van der Waals surface area contributed by atoms with E-state index >= 15 is 0 Å². The number of ether oxygens (including phenoxy) is 1. The van der Waals surface area contributed by atoms with Crippen LogP contribution in [-0.2, 0) is 15.2 Å². The molecule has 0 aliphatic carbocycles. The first-order chi connectivity index (χ1) is 7.45. The Morgan fingerprint density at radius 1 is 1.50 bits per heavy atom. The summed E-state index contributed by atoms with van der Waals surface area (Å²) in [4.78, 5) is 4.10. The number of hydrogen-bond donors (Lipinski definition) is 0. The van der Waals surface area contributed by atoms with Crippen LogP contribution in [0.3, 0.4) is 0 Å². The second-order valence-electron chi connectivity index (χ2n) is 4.28. The fourth-order valence-corrected chi connectivity index (χ4v) is 1.51. The number of pyridine rings is 1. The van der Waals surface area contributed by atoms with Crippen LogP contribution >= 0.6 is 0 Å². The van der Waals surface area contributed by atoms with Gasteiger partial charge in [0, 0.05) is 6.20 Å². The summed E-state index contributed by atoms with van der Waals surface area (Å²) in [6, 6.07) is 3.57. The molecule has 0 aliphatic heterocycles. The molecular formula is C11H17N2O2S+. The second kappa shape index (κ2) is 5.21. The number of rotatable bonds is 3. The SMILES string of the molecule is COc1cccnc1/C=N/[SH+](=O)C(C)(C)C. The molecule has 0 saturated carbocycles. The fraction of sp³-hybridized carbons (Fsp3) is 0.455. The maximum absolute atomic E-state index is 11.7. The first-order valence-corrected chi connectivity index (χ1v) is 6.16. The van der Waals surface area contributed by atoms with Crippen molar-refractivity contribution in [1.82, 2.24) is 4.98 Å². The Labute approximate surface area is 98.4 Å². The first kappa shape index (κ1) is 12.8.